The number of hydrogen-bond acceptors (Lipinski definition) is 5. The van der Waals surface area contributed by atoms with Crippen molar-refractivity contribution in [3.63, 3.8) is 0 Å². The van der Waals surface area contributed by atoms with E-state index in [1.54, 1.807) is 0 Å². The molecule has 10 heteroatoms. The van der Waals surface area contributed by atoms with Crippen molar-refractivity contribution < 1.29 is 41.6 Å². The number of halogens is 2. The first kappa shape index (κ1) is 31.6. The molecule has 0 aliphatic rings. The number of hydrogen-bond donors (Lipinski definition) is 2. The van der Waals surface area contributed by atoms with Crippen molar-refractivity contribution in [2.24, 2.45) is 0 Å². The average Bonchev–Trinajstić information content (AvgIpc) is 3.59. The summed E-state index contributed by atoms with van der Waals surface area (Å²) in [6, 6.07) is 42.8. The molecule has 2 N–H and O–H groups in total. The summed E-state index contributed by atoms with van der Waals surface area (Å²) >= 11 is 0. The van der Waals surface area contributed by atoms with Gasteiger partial charge in [0, 0.05) is 11.4 Å². The fourth-order valence-electron chi connectivity index (χ4n) is 5.00. The molecule has 0 bridgehead atoms. The first-order valence-corrected chi connectivity index (χ1v) is 13.3. The molecule has 0 amide bonds. The van der Waals surface area contributed by atoms with Crippen LogP contribution in [0.5, 0.6) is 0 Å². The standard InChI is InChI=1S/C33H27N7.2ClH.Co/c1-3-12-24(13-4-1)34-22-39-30-20-9-7-16-26(30)37-32(39)28-18-11-19-29(36-28)33-38-27-17-8-10-21-31(27)40(33)23-35-25-14-5-2-6-15-25;;;/h1-21,34-35H,22-23H2;2*1H;/q;;;+2/p-2. The van der Waals surface area contributed by atoms with Gasteiger partial charge in [-0.05, 0) is 60.7 Å². The molecule has 3 heterocycles. The molecule has 1 radical (unpaired) electrons. The summed E-state index contributed by atoms with van der Waals surface area (Å²) in [4.78, 5) is 15.1. The number of benzene rings is 4. The minimum atomic E-state index is 0. The zero-order valence-electron chi connectivity index (χ0n) is 22.9. The fourth-order valence-corrected chi connectivity index (χ4v) is 5.00. The first-order chi connectivity index (χ1) is 19.8. The van der Waals surface area contributed by atoms with Crippen LogP contribution in [-0.4, -0.2) is 24.1 Å². The summed E-state index contributed by atoms with van der Waals surface area (Å²) in [5, 5.41) is 7.05. The second kappa shape index (κ2) is 14.2. The van der Waals surface area contributed by atoms with E-state index in [1.807, 2.05) is 91.0 Å². The summed E-state index contributed by atoms with van der Waals surface area (Å²) in [7, 11) is 0. The number of aromatic nitrogens is 5. The fraction of sp³-hybridized carbons (Fsp3) is 0.0606. The van der Waals surface area contributed by atoms with E-state index >= 15 is 0 Å². The third kappa shape index (κ3) is 6.53. The molecule has 7 rings (SSSR count). The Morgan fingerprint density at radius 1 is 0.442 bits per heavy atom. The number of anilines is 2. The number of pyridine rings is 1. The molecule has 0 saturated heterocycles. The zero-order valence-corrected chi connectivity index (χ0v) is 25.4. The maximum Gasteiger partial charge on any atom is 2.00 e. The number of nitrogens with zero attached hydrogens (tertiary/aromatic N) is 5. The molecule has 7 nitrogen and oxygen atoms in total. The first-order valence-electron chi connectivity index (χ1n) is 13.3. The molecular formula is C33H27Cl2CoN7. The van der Waals surface area contributed by atoms with Crippen molar-refractivity contribution in [3.8, 4) is 23.0 Å². The number of rotatable bonds is 8. The molecule has 0 aliphatic carbocycles. The zero-order chi connectivity index (χ0) is 26.7. The van der Waals surface area contributed by atoms with Crippen LogP contribution in [0.25, 0.3) is 45.1 Å². The van der Waals surface area contributed by atoms with E-state index in [0.717, 1.165) is 56.5 Å². The summed E-state index contributed by atoms with van der Waals surface area (Å²) in [6.07, 6.45) is 0. The van der Waals surface area contributed by atoms with Crippen LogP contribution >= 0.6 is 0 Å². The summed E-state index contributed by atoms with van der Waals surface area (Å²) in [5.41, 5.74) is 7.63. The number of imidazole rings is 2. The van der Waals surface area contributed by atoms with Crippen molar-refractivity contribution >= 4 is 33.4 Å². The summed E-state index contributed by atoms with van der Waals surface area (Å²) < 4.78 is 4.35. The van der Waals surface area contributed by atoms with Gasteiger partial charge in [0.2, 0.25) is 0 Å². The number of para-hydroxylation sites is 6. The Labute approximate surface area is 272 Å². The molecule has 0 spiro atoms. The largest absolute Gasteiger partial charge is 2.00 e. The van der Waals surface area contributed by atoms with Gasteiger partial charge in [0.15, 0.2) is 11.6 Å². The monoisotopic (exact) mass is 650 g/mol. The van der Waals surface area contributed by atoms with Gasteiger partial charge in [0.1, 0.15) is 11.4 Å². The molecule has 4 aromatic carbocycles. The molecule has 217 valence electrons. The van der Waals surface area contributed by atoms with E-state index in [1.165, 1.54) is 0 Å². The molecule has 43 heavy (non-hydrogen) atoms. The van der Waals surface area contributed by atoms with Crippen molar-refractivity contribution in [2.45, 2.75) is 13.3 Å². The van der Waals surface area contributed by atoms with E-state index in [4.69, 9.17) is 15.0 Å². The van der Waals surface area contributed by atoms with Crippen LogP contribution in [0.3, 0.4) is 0 Å². The van der Waals surface area contributed by atoms with Crippen molar-refractivity contribution in [3.05, 3.63) is 127 Å². The normalized spacial score (nSPS) is 10.4. The molecule has 0 fully saturated rings. The molecule has 7 aromatic rings. The Bertz CT molecular complexity index is 1790. The second-order valence-corrected chi connectivity index (χ2v) is 9.51. The molecule has 0 atom stereocenters. The van der Waals surface area contributed by atoms with Gasteiger partial charge in [-0.2, -0.15) is 0 Å². The van der Waals surface area contributed by atoms with Gasteiger partial charge >= 0.3 is 16.8 Å². The Morgan fingerprint density at radius 2 is 0.837 bits per heavy atom. The Kier molecular flexibility index (Phi) is 10.4. The topological polar surface area (TPSA) is 72.6 Å². The predicted octanol–water partition coefficient (Wildman–Crippen LogP) is 1.26. The van der Waals surface area contributed by atoms with E-state index in [0.29, 0.717) is 13.3 Å². The Balaban J connectivity index is 0.00000141. The van der Waals surface area contributed by atoms with Gasteiger partial charge in [-0.3, -0.25) is 0 Å². The van der Waals surface area contributed by atoms with Gasteiger partial charge in [-0.15, -0.1) is 0 Å². The van der Waals surface area contributed by atoms with Crippen LogP contribution in [0.15, 0.2) is 127 Å². The maximum atomic E-state index is 5.11. The molecule has 0 unspecified atom stereocenters. The van der Waals surface area contributed by atoms with E-state index in [2.05, 4.69) is 56.2 Å². The van der Waals surface area contributed by atoms with Gasteiger partial charge in [0.05, 0.1) is 35.4 Å². The number of fused-ring (bicyclic) bond motifs is 2. The van der Waals surface area contributed by atoms with Crippen LogP contribution in [0, 0.1) is 0 Å². The summed E-state index contributed by atoms with van der Waals surface area (Å²) in [6.45, 7) is 1.12. The van der Waals surface area contributed by atoms with Crippen LogP contribution in [0.4, 0.5) is 11.4 Å². The average molecular weight is 651 g/mol. The Hall–Kier alpha value is -4.34. The summed E-state index contributed by atoms with van der Waals surface area (Å²) in [5.74, 6) is 1.60. The predicted molar refractivity (Wildman–Crippen MR) is 162 cm³/mol. The third-order valence-electron chi connectivity index (χ3n) is 6.95. The van der Waals surface area contributed by atoms with E-state index in [9.17, 15) is 0 Å². The minimum absolute atomic E-state index is 0. The third-order valence-corrected chi connectivity index (χ3v) is 6.95. The SMILES string of the molecule is [Cl-].[Cl-].[Co+2].c1ccc(NCn2c(-c3cccc(-c4nc5ccccc5n4CNc4ccccc4)n3)nc3ccccc32)cc1. The van der Waals surface area contributed by atoms with Gasteiger partial charge in [-0.25, -0.2) is 15.0 Å². The molecule has 0 aliphatic heterocycles. The van der Waals surface area contributed by atoms with Crippen LogP contribution in [-0.2, 0) is 30.1 Å². The molecular weight excluding hydrogens is 624 g/mol. The second-order valence-electron chi connectivity index (χ2n) is 9.51. The number of nitrogens with one attached hydrogen (secondary N) is 2. The van der Waals surface area contributed by atoms with E-state index < -0.39 is 0 Å². The van der Waals surface area contributed by atoms with Crippen LogP contribution < -0.4 is 35.4 Å². The van der Waals surface area contributed by atoms with Gasteiger partial charge in [-0.1, -0.05) is 66.7 Å². The van der Waals surface area contributed by atoms with Crippen LogP contribution in [0.1, 0.15) is 0 Å². The maximum absolute atomic E-state index is 5.11. The van der Waals surface area contributed by atoms with E-state index in [-0.39, 0.29) is 41.6 Å². The van der Waals surface area contributed by atoms with Gasteiger partial charge < -0.3 is 44.6 Å². The van der Waals surface area contributed by atoms with Gasteiger partial charge in [0.25, 0.3) is 0 Å². The van der Waals surface area contributed by atoms with Crippen LogP contribution in [0.2, 0.25) is 0 Å². The molecule has 3 aromatic heterocycles. The minimum Gasteiger partial charge on any atom is -1.00 e. The smallest absolute Gasteiger partial charge is 1.00 e. The van der Waals surface area contributed by atoms with Crippen molar-refractivity contribution in [2.75, 3.05) is 10.6 Å². The quantitative estimate of drug-likeness (QED) is 0.259. The van der Waals surface area contributed by atoms with Crippen molar-refractivity contribution in [1.82, 2.24) is 24.1 Å². The molecule has 0 saturated carbocycles. The Morgan fingerprint density at radius 3 is 1.28 bits per heavy atom. The van der Waals surface area contributed by atoms with Crippen molar-refractivity contribution in [1.29, 1.82) is 0 Å².